The van der Waals surface area contributed by atoms with Crippen LogP contribution < -0.4 is 0 Å². The first kappa shape index (κ1) is 18.5. The minimum absolute atomic E-state index is 0.805. The van der Waals surface area contributed by atoms with E-state index in [1.807, 2.05) is 6.34 Å². The first-order valence-corrected chi connectivity index (χ1v) is 8.55. The lowest BCUT2D eigenvalue weighted by molar-refractivity contribution is 0.626. The molecule has 22 heavy (non-hydrogen) atoms. The van der Waals surface area contributed by atoms with Crippen molar-refractivity contribution in [1.82, 2.24) is 4.90 Å². The van der Waals surface area contributed by atoms with Crippen molar-refractivity contribution in [1.29, 1.82) is 0 Å². The fraction of sp³-hybridized carbons (Fsp3) is 0.550. The largest absolute Gasteiger partial charge is 0.335 e. The Morgan fingerprint density at radius 1 is 1.27 bits per heavy atom. The van der Waals surface area contributed by atoms with Gasteiger partial charge in [0.05, 0.1) is 12.9 Å². The zero-order valence-corrected chi connectivity index (χ0v) is 15.2. The zero-order valence-electron chi connectivity index (χ0n) is 15.2. The van der Waals surface area contributed by atoms with Crippen LogP contribution in [0.2, 0.25) is 0 Å². The van der Waals surface area contributed by atoms with E-state index >= 15 is 0 Å². The van der Waals surface area contributed by atoms with E-state index in [1.54, 1.807) is 0 Å². The van der Waals surface area contributed by atoms with Crippen molar-refractivity contribution in [2.45, 2.75) is 60.3 Å². The SMILES string of the molecule is CC/C=C(\C=C(\C)CC)C(=CCCC)C1=C(C)CN=CN1C. The number of rotatable bonds is 7. The van der Waals surface area contributed by atoms with Gasteiger partial charge in [0.1, 0.15) is 0 Å². The van der Waals surface area contributed by atoms with Crippen molar-refractivity contribution in [3.63, 3.8) is 0 Å². The third-order valence-electron chi connectivity index (χ3n) is 3.93. The number of hydrogen-bond acceptors (Lipinski definition) is 2. The Labute approximate surface area is 137 Å². The van der Waals surface area contributed by atoms with E-state index in [4.69, 9.17) is 0 Å². The van der Waals surface area contributed by atoms with Gasteiger partial charge < -0.3 is 4.90 Å². The van der Waals surface area contributed by atoms with Crippen LogP contribution >= 0.6 is 0 Å². The van der Waals surface area contributed by atoms with Gasteiger partial charge in [-0.2, -0.15) is 0 Å². The quantitative estimate of drug-likeness (QED) is 0.554. The molecule has 0 unspecified atom stereocenters. The van der Waals surface area contributed by atoms with Crippen molar-refractivity contribution in [2.24, 2.45) is 4.99 Å². The minimum Gasteiger partial charge on any atom is -0.335 e. The summed E-state index contributed by atoms with van der Waals surface area (Å²) in [5.41, 5.74) is 6.81. The van der Waals surface area contributed by atoms with Crippen molar-refractivity contribution in [3.8, 4) is 0 Å². The number of aliphatic imine (C=N–C) groups is 1. The van der Waals surface area contributed by atoms with Crippen LogP contribution in [0.25, 0.3) is 0 Å². The van der Waals surface area contributed by atoms with Gasteiger partial charge in [-0.3, -0.25) is 4.99 Å². The topological polar surface area (TPSA) is 15.6 Å². The van der Waals surface area contributed by atoms with Gasteiger partial charge in [-0.25, -0.2) is 0 Å². The summed E-state index contributed by atoms with van der Waals surface area (Å²) in [6.45, 7) is 11.9. The van der Waals surface area contributed by atoms with Crippen LogP contribution in [-0.2, 0) is 0 Å². The van der Waals surface area contributed by atoms with Crippen LogP contribution in [0.4, 0.5) is 0 Å². The Morgan fingerprint density at radius 3 is 2.55 bits per heavy atom. The Hall–Kier alpha value is -1.57. The van der Waals surface area contributed by atoms with Crippen LogP contribution in [0.15, 0.2) is 51.2 Å². The molecule has 0 aliphatic carbocycles. The third kappa shape index (κ3) is 5.01. The molecular weight excluding hydrogens is 268 g/mol. The predicted molar refractivity (Wildman–Crippen MR) is 99.2 cm³/mol. The molecule has 0 spiro atoms. The van der Waals surface area contributed by atoms with Crippen LogP contribution in [0.1, 0.15) is 60.3 Å². The Morgan fingerprint density at radius 2 is 2.00 bits per heavy atom. The highest BCUT2D eigenvalue weighted by molar-refractivity contribution is 5.66. The summed E-state index contributed by atoms with van der Waals surface area (Å²) in [7, 11) is 2.10. The molecule has 0 saturated carbocycles. The fourth-order valence-electron chi connectivity index (χ4n) is 2.63. The maximum atomic E-state index is 4.42. The molecule has 0 aromatic rings. The Kier molecular flexibility index (Phi) is 7.94. The maximum absolute atomic E-state index is 4.42. The third-order valence-corrected chi connectivity index (χ3v) is 3.93. The summed E-state index contributed by atoms with van der Waals surface area (Å²) in [4.78, 5) is 6.58. The number of hydrogen-bond donors (Lipinski definition) is 0. The molecule has 0 atom stereocenters. The van der Waals surface area contributed by atoms with E-state index in [2.05, 4.69) is 69.8 Å². The fourth-order valence-corrected chi connectivity index (χ4v) is 2.63. The summed E-state index contributed by atoms with van der Waals surface area (Å²) < 4.78 is 0. The number of allylic oxidation sites excluding steroid dienone is 5. The second kappa shape index (κ2) is 9.45. The van der Waals surface area contributed by atoms with Gasteiger partial charge in [0.25, 0.3) is 0 Å². The van der Waals surface area contributed by atoms with Gasteiger partial charge in [-0.05, 0) is 44.3 Å². The van der Waals surface area contributed by atoms with E-state index in [9.17, 15) is 0 Å². The molecule has 2 heteroatoms. The number of likely N-dealkylation sites (N-methyl/N-ethyl adjacent to an activating group) is 1. The minimum atomic E-state index is 0.805. The number of nitrogens with zero attached hydrogens (tertiary/aromatic N) is 2. The molecule has 0 bridgehead atoms. The predicted octanol–water partition coefficient (Wildman–Crippen LogP) is 5.65. The van der Waals surface area contributed by atoms with Gasteiger partial charge in [0.2, 0.25) is 0 Å². The van der Waals surface area contributed by atoms with Crippen molar-refractivity contribution in [3.05, 3.63) is 46.2 Å². The lowest BCUT2D eigenvalue weighted by atomic mass is 9.94. The van der Waals surface area contributed by atoms with Gasteiger partial charge in [-0.15, -0.1) is 0 Å². The van der Waals surface area contributed by atoms with E-state index < -0.39 is 0 Å². The highest BCUT2D eigenvalue weighted by Crippen LogP contribution is 2.29. The highest BCUT2D eigenvalue weighted by Gasteiger charge is 2.17. The molecule has 2 nitrogen and oxygen atoms in total. The molecule has 1 rings (SSSR count). The average molecular weight is 300 g/mol. The average Bonchev–Trinajstić information content (AvgIpc) is 2.49. The first-order valence-electron chi connectivity index (χ1n) is 8.55. The molecule has 0 fully saturated rings. The van der Waals surface area contributed by atoms with Crippen molar-refractivity contribution < 1.29 is 0 Å². The molecule has 1 aliphatic heterocycles. The summed E-state index contributed by atoms with van der Waals surface area (Å²) >= 11 is 0. The summed E-state index contributed by atoms with van der Waals surface area (Å²) in [5.74, 6) is 0. The molecule has 0 aromatic heterocycles. The summed E-state index contributed by atoms with van der Waals surface area (Å²) in [6.07, 6.45) is 13.5. The molecule has 0 aromatic carbocycles. The lowest BCUT2D eigenvalue weighted by Gasteiger charge is -2.27. The maximum Gasteiger partial charge on any atom is 0.0895 e. The van der Waals surface area contributed by atoms with Gasteiger partial charge in [-0.1, -0.05) is 51.0 Å². The van der Waals surface area contributed by atoms with E-state index in [0.717, 1.165) is 25.8 Å². The van der Waals surface area contributed by atoms with E-state index in [-0.39, 0.29) is 0 Å². The van der Waals surface area contributed by atoms with Gasteiger partial charge in [0, 0.05) is 18.3 Å². The molecule has 0 radical (unpaired) electrons. The molecule has 1 heterocycles. The van der Waals surface area contributed by atoms with E-state index in [0.29, 0.717) is 0 Å². The van der Waals surface area contributed by atoms with Gasteiger partial charge in [0.15, 0.2) is 0 Å². The summed E-state index contributed by atoms with van der Waals surface area (Å²) in [6, 6.07) is 0. The van der Waals surface area contributed by atoms with Gasteiger partial charge >= 0.3 is 0 Å². The molecular formula is C20H32N2. The lowest BCUT2D eigenvalue weighted by Crippen LogP contribution is -2.23. The van der Waals surface area contributed by atoms with Crippen LogP contribution in [0.5, 0.6) is 0 Å². The second-order valence-electron chi connectivity index (χ2n) is 6.01. The molecule has 0 amide bonds. The molecule has 0 N–H and O–H groups in total. The first-order chi connectivity index (χ1) is 10.5. The normalized spacial score (nSPS) is 17.5. The zero-order chi connectivity index (χ0) is 16.5. The molecule has 1 aliphatic rings. The van der Waals surface area contributed by atoms with E-state index in [1.165, 1.54) is 34.4 Å². The Bertz CT molecular complexity index is 516. The van der Waals surface area contributed by atoms with Crippen molar-refractivity contribution in [2.75, 3.05) is 13.6 Å². The van der Waals surface area contributed by atoms with Crippen LogP contribution in [0.3, 0.4) is 0 Å². The highest BCUT2D eigenvalue weighted by atomic mass is 15.2. The van der Waals surface area contributed by atoms with Crippen molar-refractivity contribution >= 4 is 6.34 Å². The number of unbranched alkanes of at least 4 members (excludes halogenated alkanes) is 1. The standard InChI is InChI=1S/C20H32N2/c1-7-10-12-19(18(11-8-2)13-16(4)9-3)20-17(5)14-21-15-22(20)6/h11-13,15H,7-10,14H2,1-6H3/b16-13-,18-11+,19-12?. The monoisotopic (exact) mass is 300 g/mol. The molecule has 0 saturated heterocycles. The van der Waals surface area contributed by atoms with Crippen LogP contribution in [0, 0.1) is 0 Å². The van der Waals surface area contributed by atoms with Crippen LogP contribution in [-0.4, -0.2) is 24.8 Å². The summed E-state index contributed by atoms with van der Waals surface area (Å²) in [5, 5.41) is 0. The molecule has 122 valence electrons. The smallest absolute Gasteiger partial charge is 0.0895 e. The second-order valence-corrected chi connectivity index (χ2v) is 6.01. The Balaban J connectivity index is 3.36.